The third-order valence-corrected chi connectivity index (χ3v) is 4.18. The van der Waals surface area contributed by atoms with E-state index >= 15 is 0 Å². The van der Waals surface area contributed by atoms with Crippen LogP contribution in [0.2, 0.25) is 0 Å². The van der Waals surface area contributed by atoms with E-state index < -0.39 is 0 Å². The molecule has 20 heavy (non-hydrogen) atoms. The van der Waals surface area contributed by atoms with Gasteiger partial charge < -0.3 is 15.4 Å². The molecule has 1 aliphatic heterocycles. The summed E-state index contributed by atoms with van der Waals surface area (Å²) in [5, 5.41) is 6.63. The number of carbonyl (C=O) groups excluding carboxylic acids is 2. The smallest absolute Gasteiger partial charge is 0.341 e. The number of anilines is 1. The maximum Gasteiger partial charge on any atom is 0.341 e. The molecule has 2 rings (SSSR count). The van der Waals surface area contributed by atoms with Gasteiger partial charge in [-0.05, 0) is 39.3 Å². The minimum atomic E-state index is -0.385. The van der Waals surface area contributed by atoms with Crippen LogP contribution in [0.1, 0.15) is 41.4 Å². The average Bonchev–Trinajstić information content (AvgIpc) is 2.81. The summed E-state index contributed by atoms with van der Waals surface area (Å²) < 4.78 is 5.01. The van der Waals surface area contributed by atoms with E-state index in [2.05, 4.69) is 10.6 Å². The van der Waals surface area contributed by atoms with Crippen molar-refractivity contribution in [3.05, 3.63) is 16.5 Å². The highest BCUT2D eigenvalue weighted by molar-refractivity contribution is 7.16. The first-order chi connectivity index (χ1) is 9.61. The Balaban J connectivity index is 2.08. The number of hydrogen-bond acceptors (Lipinski definition) is 5. The first-order valence-corrected chi connectivity index (χ1v) is 7.75. The van der Waals surface area contributed by atoms with Gasteiger partial charge in [0.05, 0.1) is 18.2 Å². The van der Waals surface area contributed by atoms with Gasteiger partial charge in [0.15, 0.2) is 0 Å². The Morgan fingerprint density at radius 3 is 2.95 bits per heavy atom. The maximum atomic E-state index is 12.2. The van der Waals surface area contributed by atoms with Crippen LogP contribution in [0.25, 0.3) is 0 Å². The Hall–Kier alpha value is -1.40. The van der Waals surface area contributed by atoms with E-state index in [1.807, 2.05) is 6.92 Å². The summed E-state index contributed by atoms with van der Waals surface area (Å²) in [7, 11) is 0. The van der Waals surface area contributed by atoms with E-state index in [0.29, 0.717) is 17.2 Å². The minimum absolute atomic E-state index is 0.0721. The molecule has 0 saturated carbocycles. The summed E-state index contributed by atoms with van der Waals surface area (Å²) in [4.78, 5) is 25.0. The fourth-order valence-corrected chi connectivity index (χ4v) is 3.14. The van der Waals surface area contributed by atoms with Crippen molar-refractivity contribution in [3.8, 4) is 0 Å². The Bertz CT molecular complexity index is 493. The molecule has 0 radical (unpaired) electrons. The van der Waals surface area contributed by atoms with Crippen LogP contribution in [-0.4, -0.2) is 31.1 Å². The third-order valence-electron chi connectivity index (χ3n) is 3.21. The van der Waals surface area contributed by atoms with Crippen molar-refractivity contribution >= 4 is 28.2 Å². The molecule has 5 nitrogen and oxygen atoms in total. The lowest BCUT2D eigenvalue weighted by Gasteiger charge is -2.22. The molecule has 0 unspecified atom stereocenters. The molecule has 6 heteroatoms. The zero-order valence-corrected chi connectivity index (χ0v) is 12.6. The average molecular weight is 296 g/mol. The summed E-state index contributed by atoms with van der Waals surface area (Å²) in [5.74, 6) is -0.458. The van der Waals surface area contributed by atoms with Crippen LogP contribution in [0.5, 0.6) is 0 Å². The SMILES string of the molecule is CCOC(=O)c1cc(C)sc1NC(=O)[C@H]1CCCCN1. The number of rotatable bonds is 4. The van der Waals surface area contributed by atoms with Gasteiger partial charge in [-0.25, -0.2) is 4.79 Å². The van der Waals surface area contributed by atoms with Crippen LogP contribution in [0.3, 0.4) is 0 Å². The highest BCUT2D eigenvalue weighted by Gasteiger charge is 2.23. The molecule has 0 aliphatic carbocycles. The summed E-state index contributed by atoms with van der Waals surface area (Å²) in [6.45, 7) is 4.86. The largest absolute Gasteiger partial charge is 0.462 e. The number of carbonyl (C=O) groups is 2. The van der Waals surface area contributed by atoms with Crippen LogP contribution in [0, 0.1) is 6.92 Å². The second-order valence-electron chi connectivity index (χ2n) is 4.81. The summed E-state index contributed by atoms with van der Waals surface area (Å²) >= 11 is 1.40. The fraction of sp³-hybridized carbons (Fsp3) is 0.571. The van der Waals surface area contributed by atoms with Gasteiger partial charge in [-0.1, -0.05) is 6.42 Å². The molecule has 1 aromatic rings. The second kappa shape index (κ2) is 6.85. The van der Waals surface area contributed by atoms with Crippen molar-refractivity contribution < 1.29 is 14.3 Å². The van der Waals surface area contributed by atoms with E-state index in [4.69, 9.17) is 4.74 Å². The van der Waals surface area contributed by atoms with Gasteiger partial charge in [-0.3, -0.25) is 4.79 Å². The van der Waals surface area contributed by atoms with Gasteiger partial charge in [0, 0.05) is 4.88 Å². The lowest BCUT2D eigenvalue weighted by Crippen LogP contribution is -2.43. The Morgan fingerprint density at radius 1 is 1.50 bits per heavy atom. The number of esters is 1. The molecule has 1 aliphatic rings. The molecule has 1 fully saturated rings. The topological polar surface area (TPSA) is 67.4 Å². The first kappa shape index (κ1) is 15.0. The number of piperidine rings is 1. The van der Waals surface area contributed by atoms with Crippen LogP contribution in [0.15, 0.2) is 6.07 Å². The number of nitrogens with one attached hydrogen (secondary N) is 2. The maximum absolute atomic E-state index is 12.2. The van der Waals surface area contributed by atoms with E-state index in [0.717, 1.165) is 30.7 Å². The Labute approximate surface area is 122 Å². The van der Waals surface area contributed by atoms with Crippen molar-refractivity contribution in [3.63, 3.8) is 0 Å². The number of aryl methyl sites for hydroxylation is 1. The normalized spacial score (nSPS) is 18.6. The first-order valence-electron chi connectivity index (χ1n) is 6.93. The molecule has 0 bridgehead atoms. The van der Waals surface area contributed by atoms with E-state index in [9.17, 15) is 9.59 Å². The predicted molar refractivity (Wildman–Crippen MR) is 79.3 cm³/mol. The molecule has 0 spiro atoms. The summed E-state index contributed by atoms with van der Waals surface area (Å²) in [6, 6.07) is 1.59. The second-order valence-corrected chi connectivity index (χ2v) is 6.07. The monoisotopic (exact) mass is 296 g/mol. The van der Waals surface area contributed by atoms with Gasteiger partial charge in [0.2, 0.25) is 5.91 Å². The van der Waals surface area contributed by atoms with Crippen molar-refractivity contribution in [1.29, 1.82) is 0 Å². The summed E-state index contributed by atoms with van der Waals surface area (Å²) in [6.07, 6.45) is 3.00. The van der Waals surface area contributed by atoms with Crippen molar-refractivity contribution in [2.45, 2.75) is 39.2 Å². The quantitative estimate of drug-likeness (QED) is 0.837. The van der Waals surface area contributed by atoms with Crippen LogP contribution >= 0.6 is 11.3 Å². The van der Waals surface area contributed by atoms with Gasteiger partial charge in [0.25, 0.3) is 0 Å². The van der Waals surface area contributed by atoms with Crippen LogP contribution < -0.4 is 10.6 Å². The van der Waals surface area contributed by atoms with Gasteiger partial charge in [-0.15, -0.1) is 11.3 Å². The standard InChI is InChI=1S/C14H20N2O3S/c1-3-19-14(18)10-8-9(2)20-13(10)16-12(17)11-6-4-5-7-15-11/h8,11,15H,3-7H2,1-2H3,(H,16,17)/t11-/m1/s1. The van der Waals surface area contributed by atoms with Crippen LogP contribution in [0.4, 0.5) is 5.00 Å². The third kappa shape index (κ3) is 3.58. The van der Waals surface area contributed by atoms with E-state index in [1.165, 1.54) is 11.3 Å². The molecule has 1 saturated heterocycles. The van der Waals surface area contributed by atoms with Gasteiger partial charge >= 0.3 is 5.97 Å². The van der Waals surface area contributed by atoms with Gasteiger partial charge in [-0.2, -0.15) is 0 Å². The zero-order chi connectivity index (χ0) is 14.5. The van der Waals surface area contributed by atoms with E-state index in [-0.39, 0.29) is 17.9 Å². The molecule has 110 valence electrons. The molecule has 1 amide bonds. The number of hydrogen-bond donors (Lipinski definition) is 2. The lowest BCUT2D eigenvalue weighted by molar-refractivity contribution is -0.118. The molecule has 0 aromatic carbocycles. The number of amides is 1. The molecule has 1 aromatic heterocycles. The predicted octanol–water partition coefficient (Wildman–Crippen LogP) is 2.31. The molecule has 2 heterocycles. The van der Waals surface area contributed by atoms with Crippen molar-refractivity contribution in [2.24, 2.45) is 0 Å². The van der Waals surface area contributed by atoms with Crippen molar-refractivity contribution in [1.82, 2.24) is 5.32 Å². The highest BCUT2D eigenvalue weighted by atomic mass is 32.1. The van der Waals surface area contributed by atoms with Gasteiger partial charge in [0.1, 0.15) is 5.00 Å². The zero-order valence-electron chi connectivity index (χ0n) is 11.8. The Kier molecular flexibility index (Phi) is 5.14. The minimum Gasteiger partial charge on any atom is -0.462 e. The molecular weight excluding hydrogens is 276 g/mol. The highest BCUT2D eigenvalue weighted by Crippen LogP contribution is 2.28. The molecule has 2 N–H and O–H groups in total. The molecular formula is C14H20N2O3S. The van der Waals surface area contributed by atoms with Crippen LogP contribution in [-0.2, 0) is 9.53 Å². The Morgan fingerprint density at radius 2 is 2.30 bits per heavy atom. The summed E-state index contributed by atoms with van der Waals surface area (Å²) in [5.41, 5.74) is 0.443. The van der Waals surface area contributed by atoms with Crippen molar-refractivity contribution in [2.75, 3.05) is 18.5 Å². The fourth-order valence-electron chi connectivity index (χ4n) is 2.24. The number of thiophene rings is 1. The number of ether oxygens (including phenoxy) is 1. The molecule has 1 atom stereocenters. The van der Waals surface area contributed by atoms with E-state index in [1.54, 1.807) is 13.0 Å². The lowest BCUT2D eigenvalue weighted by atomic mass is 10.0.